The molecule has 0 bridgehead atoms. The highest BCUT2D eigenvalue weighted by atomic mass is 16.5. The van der Waals surface area contributed by atoms with Crippen LogP contribution in [-0.2, 0) is 14.3 Å². The van der Waals surface area contributed by atoms with Crippen LogP contribution in [0.2, 0.25) is 0 Å². The number of ketones is 1. The van der Waals surface area contributed by atoms with Crippen LogP contribution in [0.15, 0.2) is 54.1 Å². The largest absolute Gasteiger partial charge is 0.507 e. The van der Waals surface area contributed by atoms with Gasteiger partial charge >= 0.3 is 0 Å². The van der Waals surface area contributed by atoms with Crippen molar-refractivity contribution in [1.29, 1.82) is 0 Å². The number of rotatable bonds is 10. The molecule has 7 nitrogen and oxygen atoms in total. The summed E-state index contributed by atoms with van der Waals surface area (Å²) in [5.74, 6) is -0.271. The highest BCUT2D eigenvalue weighted by molar-refractivity contribution is 6.46. The van der Waals surface area contributed by atoms with E-state index in [2.05, 4.69) is 0 Å². The lowest BCUT2D eigenvalue weighted by molar-refractivity contribution is -0.140. The van der Waals surface area contributed by atoms with E-state index in [-0.39, 0.29) is 11.3 Å². The number of Topliss-reactive ketones (excluding diaryl/α,β-unsaturated/α-hetero) is 1. The maximum Gasteiger partial charge on any atom is 0.295 e. The molecule has 0 radical (unpaired) electrons. The summed E-state index contributed by atoms with van der Waals surface area (Å²) in [6, 6.07) is 13.3. The Kier molecular flexibility index (Phi) is 7.89. The number of amides is 1. The molecule has 0 aromatic heterocycles. The average molecular weight is 440 g/mol. The van der Waals surface area contributed by atoms with E-state index in [4.69, 9.17) is 14.2 Å². The maximum absolute atomic E-state index is 13.0. The minimum Gasteiger partial charge on any atom is -0.507 e. The number of likely N-dealkylation sites (tertiary alicyclic amines) is 1. The summed E-state index contributed by atoms with van der Waals surface area (Å²) in [4.78, 5) is 27.4. The van der Waals surface area contributed by atoms with Crippen LogP contribution in [-0.4, -0.2) is 55.2 Å². The van der Waals surface area contributed by atoms with Crippen LogP contribution in [0, 0.1) is 0 Å². The van der Waals surface area contributed by atoms with E-state index in [0.29, 0.717) is 55.4 Å². The molecule has 1 N–H and O–H groups in total. The molecule has 1 aliphatic heterocycles. The Balaban J connectivity index is 2.08. The van der Waals surface area contributed by atoms with Gasteiger partial charge in [0.15, 0.2) is 0 Å². The zero-order valence-electron chi connectivity index (χ0n) is 18.7. The number of hydrogen-bond donors (Lipinski definition) is 1. The number of carbonyl (C=O) groups is 2. The highest BCUT2D eigenvalue weighted by Gasteiger charge is 2.45. The molecule has 1 saturated heterocycles. The Bertz CT molecular complexity index is 982. The summed E-state index contributed by atoms with van der Waals surface area (Å²) < 4.78 is 16.2. The van der Waals surface area contributed by atoms with Gasteiger partial charge in [-0.1, -0.05) is 12.1 Å². The lowest BCUT2D eigenvalue weighted by Crippen LogP contribution is -2.31. The van der Waals surface area contributed by atoms with Gasteiger partial charge in [-0.25, -0.2) is 0 Å². The van der Waals surface area contributed by atoms with E-state index in [0.717, 1.165) is 0 Å². The van der Waals surface area contributed by atoms with Crippen molar-refractivity contribution in [3.8, 4) is 11.5 Å². The molecule has 170 valence electrons. The monoisotopic (exact) mass is 439 g/mol. The molecule has 0 saturated carbocycles. The third-order valence-electron chi connectivity index (χ3n) is 5.21. The zero-order valence-corrected chi connectivity index (χ0v) is 18.7. The Morgan fingerprint density at radius 3 is 2.34 bits per heavy atom. The summed E-state index contributed by atoms with van der Waals surface area (Å²) in [5, 5.41) is 11.1. The summed E-state index contributed by atoms with van der Waals surface area (Å²) in [6.45, 7) is 5.55. The number of aliphatic hydroxyl groups is 1. The normalized spacial score (nSPS) is 17.6. The van der Waals surface area contributed by atoms with Gasteiger partial charge in [0.05, 0.1) is 24.8 Å². The molecule has 1 unspecified atom stereocenters. The van der Waals surface area contributed by atoms with Crippen molar-refractivity contribution in [2.75, 3.05) is 33.5 Å². The van der Waals surface area contributed by atoms with Crippen molar-refractivity contribution in [3.05, 3.63) is 65.2 Å². The van der Waals surface area contributed by atoms with Crippen LogP contribution in [0.1, 0.15) is 37.4 Å². The van der Waals surface area contributed by atoms with Gasteiger partial charge in [0.2, 0.25) is 0 Å². The number of aliphatic hydroxyl groups excluding tert-OH is 1. The first-order valence-electron chi connectivity index (χ1n) is 10.7. The van der Waals surface area contributed by atoms with Gasteiger partial charge < -0.3 is 24.2 Å². The number of hydrogen-bond acceptors (Lipinski definition) is 6. The first-order valence-corrected chi connectivity index (χ1v) is 10.7. The minimum atomic E-state index is -0.723. The van der Waals surface area contributed by atoms with E-state index < -0.39 is 17.7 Å². The van der Waals surface area contributed by atoms with Crippen molar-refractivity contribution >= 4 is 17.4 Å². The third kappa shape index (κ3) is 4.94. The Morgan fingerprint density at radius 2 is 1.69 bits per heavy atom. The van der Waals surface area contributed by atoms with Crippen LogP contribution >= 0.6 is 0 Å². The summed E-state index contributed by atoms with van der Waals surface area (Å²) in [5.41, 5.74) is 1.19. The average Bonchev–Trinajstić information content (AvgIpc) is 3.05. The smallest absolute Gasteiger partial charge is 0.295 e. The lowest BCUT2D eigenvalue weighted by Gasteiger charge is -2.25. The molecule has 2 aromatic rings. The summed E-state index contributed by atoms with van der Waals surface area (Å²) in [6.07, 6.45) is 0.564. The van der Waals surface area contributed by atoms with E-state index in [1.54, 1.807) is 37.4 Å². The van der Waals surface area contributed by atoms with Crippen LogP contribution in [0.4, 0.5) is 0 Å². The van der Waals surface area contributed by atoms with Crippen LogP contribution in [0.25, 0.3) is 5.76 Å². The second-order valence-electron chi connectivity index (χ2n) is 7.30. The number of methoxy groups -OCH3 is 1. The van der Waals surface area contributed by atoms with Crippen molar-refractivity contribution in [1.82, 2.24) is 4.90 Å². The lowest BCUT2D eigenvalue weighted by atomic mass is 9.95. The van der Waals surface area contributed by atoms with Crippen molar-refractivity contribution < 1.29 is 28.9 Å². The van der Waals surface area contributed by atoms with Gasteiger partial charge in [0.1, 0.15) is 17.3 Å². The number of carbonyl (C=O) groups excluding carboxylic acids is 2. The second-order valence-corrected chi connectivity index (χ2v) is 7.30. The molecule has 1 heterocycles. The Hall–Kier alpha value is -3.32. The molecule has 0 aliphatic carbocycles. The topological polar surface area (TPSA) is 85.3 Å². The predicted molar refractivity (Wildman–Crippen MR) is 121 cm³/mol. The molecule has 2 aromatic carbocycles. The minimum absolute atomic E-state index is 0.0604. The molecule has 32 heavy (non-hydrogen) atoms. The fourth-order valence-electron chi connectivity index (χ4n) is 3.81. The predicted octanol–water partition coefficient (Wildman–Crippen LogP) is 3.94. The van der Waals surface area contributed by atoms with Crippen LogP contribution in [0.5, 0.6) is 11.5 Å². The van der Waals surface area contributed by atoms with Crippen LogP contribution in [0.3, 0.4) is 0 Å². The third-order valence-corrected chi connectivity index (χ3v) is 5.21. The molecular formula is C25H29NO6. The molecule has 1 atom stereocenters. The first-order chi connectivity index (χ1) is 15.5. The Morgan fingerprint density at radius 1 is 1.00 bits per heavy atom. The molecule has 3 rings (SSSR count). The summed E-state index contributed by atoms with van der Waals surface area (Å²) >= 11 is 0. The van der Waals surface area contributed by atoms with Gasteiger partial charge in [-0.3, -0.25) is 9.59 Å². The number of benzene rings is 2. The van der Waals surface area contributed by atoms with Crippen molar-refractivity contribution in [2.45, 2.75) is 26.3 Å². The quantitative estimate of drug-likeness (QED) is 0.261. The second kappa shape index (κ2) is 10.8. The van der Waals surface area contributed by atoms with Crippen molar-refractivity contribution in [3.63, 3.8) is 0 Å². The maximum atomic E-state index is 13.0. The van der Waals surface area contributed by atoms with Gasteiger partial charge in [-0.2, -0.15) is 0 Å². The van der Waals surface area contributed by atoms with E-state index >= 15 is 0 Å². The zero-order chi connectivity index (χ0) is 23.1. The molecular weight excluding hydrogens is 410 g/mol. The number of nitrogens with zero attached hydrogens (tertiary/aromatic N) is 1. The fraction of sp³-hybridized carbons (Fsp3) is 0.360. The van der Waals surface area contributed by atoms with Crippen molar-refractivity contribution in [2.24, 2.45) is 0 Å². The standard InChI is InChI=1S/C25H29NO6/c1-4-31-19-12-10-17(11-13-19)23(27)21-22(18-8-6-9-20(16-18)32-5-2)26(14-7-15-30-3)25(29)24(21)28/h6,8-13,16,22,27H,4-5,7,14-15H2,1-3H3. The van der Waals surface area contributed by atoms with E-state index in [1.807, 2.05) is 32.0 Å². The first kappa shape index (κ1) is 23.3. The molecule has 1 aliphatic rings. The van der Waals surface area contributed by atoms with Gasteiger partial charge in [-0.15, -0.1) is 0 Å². The molecule has 7 heteroatoms. The molecule has 1 amide bonds. The SMILES string of the molecule is CCOc1ccc(C(O)=C2C(=O)C(=O)N(CCCOC)C2c2cccc(OCC)c2)cc1. The van der Waals surface area contributed by atoms with Gasteiger partial charge in [-0.05, 0) is 62.2 Å². The van der Waals surface area contributed by atoms with Gasteiger partial charge in [0.25, 0.3) is 11.7 Å². The summed E-state index contributed by atoms with van der Waals surface area (Å²) in [7, 11) is 1.59. The molecule has 1 fully saturated rings. The highest BCUT2D eigenvalue weighted by Crippen LogP contribution is 2.40. The fourth-order valence-corrected chi connectivity index (χ4v) is 3.81. The van der Waals surface area contributed by atoms with E-state index in [9.17, 15) is 14.7 Å². The van der Waals surface area contributed by atoms with Gasteiger partial charge in [0, 0.05) is 25.8 Å². The van der Waals surface area contributed by atoms with Crippen LogP contribution < -0.4 is 9.47 Å². The van der Waals surface area contributed by atoms with E-state index in [1.165, 1.54) is 4.90 Å². The Labute approximate surface area is 188 Å². The molecule has 0 spiro atoms. The number of ether oxygens (including phenoxy) is 3.